The second kappa shape index (κ2) is 13.5. The third-order valence-electron chi connectivity index (χ3n) is 3.36. The molecule has 0 aliphatic carbocycles. The average molecular weight is 393 g/mol. The van der Waals surface area contributed by atoms with Crippen molar-refractivity contribution in [3.05, 3.63) is 28.8 Å². The van der Waals surface area contributed by atoms with E-state index in [9.17, 15) is 0 Å². The Morgan fingerprint density at radius 2 is 1.91 bits per heavy atom. The van der Waals surface area contributed by atoms with Gasteiger partial charge in [-0.15, -0.1) is 37.2 Å². The minimum Gasteiger partial charge on any atom is -0.495 e. The molecule has 0 radical (unpaired) electrons. The molecule has 2 rings (SSSR count). The molecule has 0 bridgehead atoms. The molecule has 0 saturated carbocycles. The van der Waals surface area contributed by atoms with Crippen LogP contribution in [-0.2, 0) is 6.54 Å². The third kappa shape index (κ3) is 8.06. The van der Waals surface area contributed by atoms with Crippen LogP contribution < -0.4 is 15.4 Å². The van der Waals surface area contributed by atoms with E-state index in [0.29, 0.717) is 5.02 Å². The molecular weight excluding hydrogens is 368 g/mol. The van der Waals surface area contributed by atoms with Gasteiger partial charge in [-0.1, -0.05) is 17.7 Å². The van der Waals surface area contributed by atoms with Gasteiger partial charge in [0.25, 0.3) is 0 Å². The normalized spacial score (nSPS) is 14.3. The number of ether oxygens (including phenoxy) is 1. The van der Waals surface area contributed by atoms with Crippen LogP contribution in [0.2, 0.25) is 5.02 Å². The van der Waals surface area contributed by atoms with E-state index in [1.54, 1.807) is 7.11 Å². The molecule has 4 nitrogen and oxygen atoms in total. The Kier molecular flexibility index (Phi) is 14.9. The molecule has 1 saturated heterocycles. The fourth-order valence-electron chi connectivity index (χ4n) is 2.22. The average Bonchev–Trinajstić information content (AvgIpc) is 2.45. The number of piperazine rings is 1. The van der Waals surface area contributed by atoms with E-state index in [2.05, 4.69) is 15.5 Å². The molecule has 130 valence electrons. The van der Waals surface area contributed by atoms with Crippen LogP contribution in [0.5, 0.6) is 5.75 Å². The van der Waals surface area contributed by atoms with Gasteiger partial charge < -0.3 is 15.4 Å². The van der Waals surface area contributed by atoms with Crippen molar-refractivity contribution in [2.24, 2.45) is 0 Å². The number of nitrogens with zero attached hydrogens (tertiary/aromatic N) is 1. The van der Waals surface area contributed by atoms with Gasteiger partial charge in [0.2, 0.25) is 0 Å². The molecule has 1 aromatic rings. The topological polar surface area (TPSA) is 36.5 Å². The summed E-state index contributed by atoms with van der Waals surface area (Å²) in [7, 11) is 1.63. The summed E-state index contributed by atoms with van der Waals surface area (Å²) < 4.78 is 5.14. The molecule has 0 aromatic heterocycles. The van der Waals surface area contributed by atoms with Gasteiger partial charge in [0, 0.05) is 45.8 Å². The zero-order chi connectivity index (χ0) is 13.5. The summed E-state index contributed by atoms with van der Waals surface area (Å²) >= 11 is 6.10. The van der Waals surface area contributed by atoms with E-state index in [1.807, 2.05) is 18.2 Å². The Hall–Kier alpha value is 0.0600. The molecule has 2 N–H and O–H groups in total. The quantitative estimate of drug-likeness (QED) is 0.729. The van der Waals surface area contributed by atoms with Crippen LogP contribution in [0.3, 0.4) is 0 Å². The molecule has 8 heteroatoms. The fraction of sp³-hybridized carbons (Fsp3) is 0.571. The van der Waals surface area contributed by atoms with Crippen molar-refractivity contribution in [3.63, 3.8) is 0 Å². The lowest BCUT2D eigenvalue weighted by Gasteiger charge is -2.27. The molecule has 1 heterocycles. The van der Waals surface area contributed by atoms with Crippen molar-refractivity contribution in [3.8, 4) is 5.75 Å². The highest BCUT2D eigenvalue weighted by atomic mass is 35.5. The molecule has 1 aromatic carbocycles. The van der Waals surface area contributed by atoms with Crippen molar-refractivity contribution in [2.75, 3.05) is 46.4 Å². The summed E-state index contributed by atoms with van der Waals surface area (Å²) in [5.74, 6) is 0.728. The smallest absolute Gasteiger partial charge is 0.137 e. The zero-order valence-corrected chi connectivity index (χ0v) is 15.8. The maximum Gasteiger partial charge on any atom is 0.137 e. The summed E-state index contributed by atoms with van der Waals surface area (Å²) in [6, 6.07) is 5.91. The standard InChI is InChI=1S/C14H22ClN3O.3ClH/c1-19-14-3-2-12(10-13(14)15)11-17-6-9-18-7-4-16-5-8-18;;;/h2-3,10,16-17H,4-9,11H2,1H3;3*1H. The van der Waals surface area contributed by atoms with Crippen LogP contribution in [0.4, 0.5) is 0 Å². The van der Waals surface area contributed by atoms with Crippen molar-refractivity contribution in [2.45, 2.75) is 6.54 Å². The second-order valence-corrected chi connectivity index (χ2v) is 5.14. The van der Waals surface area contributed by atoms with Gasteiger partial charge >= 0.3 is 0 Å². The van der Waals surface area contributed by atoms with Gasteiger partial charge in [-0.3, -0.25) is 4.90 Å². The molecule has 22 heavy (non-hydrogen) atoms. The predicted molar refractivity (Wildman–Crippen MR) is 101 cm³/mol. The largest absolute Gasteiger partial charge is 0.495 e. The van der Waals surface area contributed by atoms with Crippen LogP contribution >= 0.6 is 48.8 Å². The monoisotopic (exact) mass is 391 g/mol. The lowest BCUT2D eigenvalue weighted by Crippen LogP contribution is -2.45. The highest BCUT2D eigenvalue weighted by molar-refractivity contribution is 6.32. The van der Waals surface area contributed by atoms with E-state index >= 15 is 0 Å². The Morgan fingerprint density at radius 1 is 1.23 bits per heavy atom. The van der Waals surface area contributed by atoms with Crippen molar-refractivity contribution in [1.82, 2.24) is 15.5 Å². The molecule has 0 amide bonds. The highest BCUT2D eigenvalue weighted by Gasteiger charge is 2.08. The van der Waals surface area contributed by atoms with Gasteiger partial charge in [-0.25, -0.2) is 0 Å². The first-order valence-corrected chi connectivity index (χ1v) is 7.13. The highest BCUT2D eigenvalue weighted by Crippen LogP contribution is 2.24. The van der Waals surface area contributed by atoms with Crippen molar-refractivity contribution < 1.29 is 4.74 Å². The van der Waals surface area contributed by atoms with E-state index in [4.69, 9.17) is 16.3 Å². The first-order valence-electron chi connectivity index (χ1n) is 6.76. The second-order valence-electron chi connectivity index (χ2n) is 4.74. The minimum atomic E-state index is 0. The van der Waals surface area contributed by atoms with Gasteiger partial charge in [-0.05, 0) is 17.7 Å². The maximum absolute atomic E-state index is 6.10. The van der Waals surface area contributed by atoms with Crippen LogP contribution in [0, 0.1) is 0 Å². The Bertz CT molecular complexity index is 404. The number of nitrogens with one attached hydrogen (secondary N) is 2. The SMILES string of the molecule is COc1ccc(CNCCN2CCNCC2)cc1Cl.Cl.Cl.Cl. The Balaban J connectivity index is 0. The van der Waals surface area contributed by atoms with E-state index in [0.717, 1.165) is 51.6 Å². The summed E-state index contributed by atoms with van der Waals surface area (Å²) in [6.45, 7) is 7.46. The summed E-state index contributed by atoms with van der Waals surface area (Å²) in [5, 5.41) is 7.48. The number of hydrogen-bond acceptors (Lipinski definition) is 4. The number of rotatable bonds is 6. The van der Waals surface area contributed by atoms with Gasteiger partial charge in [0.1, 0.15) is 5.75 Å². The number of hydrogen-bond donors (Lipinski definition) is 2. The molecular formula is C14H25Cl4N3O. The van der Waals surface area contributed by atoms with Crippen LogP contribution in [-0.4, -0.2) is 51.3 Å². The Labute approximate surface area is 156 Å². The molecule has 1 aliphatic heterocycles. The number of methoxy groups -OCH3 is 1. The lowest BCUT2D eigenvalue weighted by molar-refractivity contribution is 0.241. The maximum atomic E-state index is 6.10. The number of halogens is 4. The van der Waals surface area contributed by atoms with Gasteiger partial charge in [0.15, 0.2) is 0 Å². The van der Waals surface area contributed by atoms with Crippen LogP contribution in [0.15, 0.2) is 18.2 Å². The van der Waals surface area contributed by atoms with Crippen LogP contribution in [0.25, 0.3) is 0 Å². The molecule has 0 spiro atoms. The van der Waals surface area contributed by atoms with Gasteiger partial charge in [-0.2, -0.15) is 0 Å². The summed E-state index contributed by atoms with van der Waals surface area (Å²) in [6.07, 6.45) is 0. The van der Waals surface area contributed by atoms with Gasteiger partial charge in [0.05, 0.1) is 12.1 Å². The summed E-state index contributed by atoms with van der Waals surface area (Å²) in [4.78, 5) is 2.48. The van der Waals surface area contributed by atoms with Crippen molar-refractivity contribution in [1.29, 1.82) is 0 Å². The zero-order valence-electron chi connectivity index (χ0n) is 12.6. The number of benzene rings is 1. The lowest BCUT2D eigenvalue weighted by atomic mass is 10.2. The van der Waals surface area contributed by atoms with E-state index in [1.165, 1.54) is 5.56 Å². The predicted octanol–water partition coefficient (Wildman–Crippen LogP) is 2.61. The third-order valence-corrected chi connectivity index (χ3v) is 3.66. The molecule has 1 aliphatic rings. The first-order chi connectivity index (χ1) is 9.29. The first kappa shape index (κ1) is 24.3. The summed E-state index contributed by atoms with van der Waals surface area (Å²) in [5.41, 5.74) is 1.19. The van der Waals surface area contributed by atoms with E-state index in [-0.39, 0.29) is 37.2 Å². The Morgan fingerprint density at radius 3 is 2.50 bits per heavy atom. The molecule has 0 unspecified atom stereocenters. The fourth-order valence-corrected chi connectivity index (χ4v) is 2.50. The minimum absolute atomic E-state index is 0. The molecule has 1 fully saturated rings. The van der Waals surface area contributed by atoms with E-state index < -0.39 is 0 Å². The van der Waals surface area contributed by atoms with Crippen LogP contribution in [0.1, 0.15) is 5.56 Å². The van der Waals surface area contributed by atoms with Crippen molar-refractivity contribution >= 4 is 48.8 Å². The molecule has 0 atom stereocenters.